The van der Waals surface area contributed by atoms with Crippen LogP contribution in [0.5, 0.6) is 0 Å². The Morgan fingerprint density at radius 3 is 2.90 bits per heavy atom. The van der Waals surface area contributed by atoms with Crippen LogP contribution in [0.1, 0.15) is 0 Å². The lowest BCUT2D eigenvalue weighted by atomic mass is 10.6. The van der Waals surface area contributed by atoms with Crippen LogP contribution in [0, 0.1) is 0 Å². The van der Waals surface area contributed by atoms with Gasteiger partial charge in [0.15, 0.2) is 0 Å². The highest BCUT2D eigenvalue weighted by Gasteiger charge is 1.98. The standard InChI is InChI=1S/C5H6N2O2S/c8-10(9)5-4-6-2-1-3-7-10/h1-6H/b2-1?,5-4-,7-3?. The molecule has 0 aromatic heterocycles. The Kier molecular flexibility index (Phi) is 1.86. The quantitative estimate of drug-likeness (QED) is 0.538. The van der Waals surface area contributed by atoms with Gasteiger partial charge in [-0.15, -0.1) is 0 Å². The molecule has 0 fully saturated rings. The molecule has 0 bridgehead atoms. The molecule has 0 radical (unpaired) electrons. The number of nitrogens with one attached hydrogen (secondary N) is 1. The van der Waals surface area contributed by atoms with Gasteiger partial charge >= 0.3 is 0 Å². The summed E-state index contributed by atoms with van der Waals surface area (Å²) in [6.45, 7) is 0. The van der Waals surface area contributed by atoms with Gasteiger partial charge in [0.1, 0.15) is 0 Å². The lowest BCUT2D eigenvalue weighted by Crippen LogP contribution is -1.98. The van der Waals surface area contributed by atoms with Gasteiger partial charge in [-0.3, -0.25) is 0 Å². The second-order valence-corrected chi connectivity index (χ2v) is 3.11. The molecule has 1 aliphatic rings. The zero-order valence-corrected chi connectivity index (χ0v) is 5.88. The molecular weight excluding hydrogens is 152 g/mol. The number of hydrogen-bond acceptors (Lipinski definition) is 3. The average Bonchev–Trinajstić information content (AvgIpc) is 1.81. The van der Waals surface area contributed by atoms with E-state index in [9.17, 15) is 8.42 Å². The van der Waals surface area contributed by atoms with E-state index in [4.69, 9.17) is 0 Å². The van der Waals surface area contributed by atoms with Crippen molar-refractivity contribution in [2.24, 2.45) is 4.40 Å². The lowest BCUT2D eigenvalue weighted by molar-refractivity contribution is 0.606. The molecule has 0 saturated heterocycles. The van der Waals surface area contributed by atoms with Gasteiger partial charge in [-0.25, -0.2) is 0 Å². The summed E-state index contributed by atoms with van der Waals surface area (Å²) in [5, 5.41) is 3.60. The van der Waals surface area contributed by atoms with Crippen molar-refractivity contribution in [1.29, 1.82) is 0 Å². The summed E-state index contributed by atoms with van der Waals surface area (Å²) in [5.41, 5.74) is 0. The third kappa shape index (κ3) is 2.02. The van der Waals surface area contributed by atoms with Gasteiger partial charge in [0.2, 0.25) is 0 Å². The van der Waals surface area contributed by atoms with Crippen LogP contribution >= 0.6 is 0 Å². The maximum Gasteiger partial charge on any atom is 0.276 e. The van der Waals surface area contributed by atoms with Gasteiger partial charge in [0.05, 0.1) is 5.41 Å². The van der Waals surface area contributed by atoms with Crippen molar-refractivity contribution in [3.05, 3.63) is 23.9 Å². The number of rotatable bonds is 0. The molecular formula is C5H6N2O2S. The third-order valence-electron chi connectivity index (χ3n) is 0.823. The van der Waals surface area contributed by atoms with E-state index in [-0.39, 0.29) is 0 Å². The molecule has 1 rings (SSSR count). The van der Waals surface area contributed by atoms with Gasteiger partial charge < -0.3 is 5.32 Å². The van der Waals surface area contributed by atoms with Crippen LogP contribution in [-0.4, -0.2) is 14.6 Å². The SMILES string of the molecule is O=S1(=O)/C=C\NC=CC=N1. The summed E-state index contributed by atoms with van der Waals surface area (Å²) in [6, 6.07) is 0. The minimum absolute atomic E-state index is 0.993. The average molecular weight is 158 g/mol. The Labute approximate surface area is 59.0 Å². The van der Waals surface area contributed by atoms with Crippen LogP contribution in [0.25, 0.3) is 0 Å². The number of sulfonamides is 1. The van der Waals surface area contributed by atoms with Gasteiger partial charge in [0, 0.05) is 18.6 Å². The first-order valence-electron chi connectivity index (χ1n) is 2.59. The van der Waals surface area contributed by atoms with Gasteiger partial charge in [-0.05, 0) is 6.08 Å². The van der Waals surface area contributed by atoms with E-state index < -0.39 is 10.0 Å². The molecule has 10 heavy (non-hydrogen) atoms. The van der Waals surface area contributed by atoms with Crippen LogP contribution in [0.2, 0.25) is 0 Å². The molecule has 54 valence electrons. The summed E-state index contributed by atoms with van der Waals surface area (Å²) < 4.78 is 24.6. The second kappa shape index (κ2) is 2.66. The molecule has 0 unspecified atom stereocenters. The first-order valence-corrected chi connectivity index (χ1v) is 4.09. The van der Waals surface area contributed by atoms with E-state index in [1.807, 2.05) is 0 Å². The van der Waals surface area contributed by atoms with Crippen molar-refractivity contribution in [3.8, 4) is 0 Å². The van der Waals surface area contributed by atoms with E-state index in [1.54, 1.807) is 6.20 Å². The van der Waals surface area contributed by atoms with E-state index >= 15 is 0 Å². The van der Waals surface area contributed by atoms with Crippen LogP contribution in [0.4, 0.5) is 0 Å². The maximum atomic E-state index is 10.7. The zero-order valence-electron chi connectivity index (χ0n) is 5.06. The summed E-state index contributed by atoms with van der Waals surface area (Å²) in [7, 11) is -3.37. The predicted molar refractivity (Wildman–Crippen MR) is 38.8 cm³/mol. The van der Waals surface area contributed by atoms with Crippen LogP contribution < -0.4 is 5.32 Å². The molecule has 4 nitrogen and oxygen atoms in total. The van der Waals surface area contributed by atoms with Crippen molar-refractivity contribution >= 4 is 16.2 Å². The molecule has 0 aromatic rings. The van der Waals surface area contributed by atoms with E-state index in [1.165, 1.54) is 18.5 Å². The highest BCUT2D eigenvalue weighted by molar-refractivity contribution is 7.93. The first kappa shape index (κ1) is 7.01. The van der Waals surface area contributed by atoms with E-state index in [0.717, 1.165) is 5.41 Å². The Morgan fingerprint density at radius 1 is 1.30 bits per heavy atom. The Bertz CT molecular complexity index is 287. The van der Waals surface area contributed by atoms with Crippen molar-refractivity contribution in [3.63, 3.8) is 0 Å². The van der Waals surface area contributed by atoms with Crippen molar-refractivity contribution in [2.45, 2.75) is 0 Å². The molecule has 0 spiro atoms. The smallest absolute Gasteiger partial charge is 0.276 e. The fourth-order valence-electron chi connectivity index (χ4n) is 0.435. The van der Waals surface area contributed by atoms with Crippen LogP contribution in [0.3, 0.4) is 0 Å². The minimum atomic E-state index is -3.37. The summed E-state index contributed by atoms with van der Waals surface area (Å²) in [5.74, 6) is 0. The van der Waals surface area contributed by atoms with Gasteiger partial charge in [-0.1, -0.05) is 0 Å². The summed E-state index contributed by atoms with van der Waals surface area (Å²) in [4.78, 5) is 0. The zero-order chi connectivity index (χ0) is 7.45. The normalized spacial score (nSPS) is 24.4. The minimum Gasteiger partial charge on any atom is -0.367 e. The molecule has 1 heterocycles. The molecule has 0 atom stereocenters. The third-order valence-corrected chi connectivity index (χ3v) is 1.72. The lowest BCUT2D eigenvalue weighted by Gasteiger charge is -1.91. The fourth-order valence-corrected chi connectivity index (χ4v) is 0.995. The highest BCUT2D eigenvalue weighted by Crippen LogP contribution is 1.93. The fraction of sp³-hybridized carbons (Fsp3) is 0. The monoisotopic (exact) mass is 158 g/mol. The van der Waals surface area contributed by atoms with Crippen molar-refractivity contribution in [2.75, 3.05) is 0 Å². The van der Waals surface area contributed by atoms with Crippen molar-refractivity contribution < 1.29 is 8.42 Å². The topological polar surface area (TPSA) is 58.5 Å². The number of hydrogen-bond donors (Lipinski definition) is 1. The van der Waals surface area contributed by atoms with Gasteiger partial charge in [-0.2, -0.15) is 12.8 Å². The molecule has 1 aliphatic heterocycles. The highest BCUT2D eigenvalue weighted by atomic mass is 32.2. The number of nitrogens with zero attached hydrogens (tertiary/aromatic N) is 1. The summed E-state index contributed by atoms with van der Waals surface area (Å²) in [6.07, 6.45) is 5.60. The Hall–Kier alpha value is -1.10. The molecule has 0 aliphatic carbocycles. The first-order chi connectivity index (χ1) is 4.71. The molecule has 0 aromatic carbocycles. The second-order valence-electron chi connectivity index (χ2n) is 1.60. The predicted octanol–water partition coefficient (Wildman–Crippen LogP) is -0.0249. The molecule has 1 N–H and O–H groups in total. The van der Waals surface area contributed by atoms with Gasteiger partial charge in [0.25, 0.3) is 10.0 Å². The molecule has 5 heteroatoms. The largest absolute Gasteiger partial charge is 0.367 e. The van der Waals surface area contributed by atoms with Crippen LogP contribution in [0.15, 0.2) is 28.3 Å². The maximum absolute atomic E-state index is 10.7. The summed E-state index contributed by atoms with van der Waals surface area (Å²) >= 11 is 0. The van der Waals surface area contributed by atoms with E-state index in [2.05, 4.69) is 9.71 Å². The van der Waals surface area contributed by atoms with Crippen LogP contribution in [-0.2, 0) is 10.0 Å². The van der Waals surface area contributed by atoms with E-state index in [0.29, 0.717) is 0 Å². The Balaban J connectivity index is 3.01. The van der Waals surface area contributed by atoms with Crippen molar-refractivity contribution in [1.82, 2.24) is 5.32 Å². The Morgan fingerprint density at radius 2 is 2.10 bits per heavy atom. The number of allylic oxidation sites excluding steroid dienone is 1. The molecule has 0 saturated carbocycles. The molecule has 0 amide bonds.